The fraction of sp³-hybridized carbons (Fsp3) is 0.333. The van der Waals surface area contributed by atoms with Crippen molar-refractivity contribution in [2.75, 3.05) is 17.7 Å². The molecule has 2 N–H and O–H groups in total. The first kappa shape index (κ1) is 17.7. The Kier molecular flexibility index (Phi) is 5.92. The van der Waals surface area contributed by atoms with Gasteiger partial charge in [0, 0.05) is 12.6 Å². The Bertz CT molecular complexity index is 726. The number of carbonyl (C=O) groups excluding carboxylic acids is 1. The molecule has 1 aliphatic carbocycles. The fourth-order valence-electron chi connectivity index (χ4n) is 2.18. The molecule has 1 aromatic rings. The summed E-state index contributed by atoms with van der Waals surface area (Å²) >= 11 is 5.72. The lowest BCUT2D eigenvalue weighted by atomic mass is 9.97. The third kappa shape index (κ3) is 5.16. The number of amides is 1. The number of aliphatic hydroxyl groups excluding tert-OH is 1. The molecule has 1 aliphatic rings. The maximum absolute atomic E-state index is 12.0. The minimum absolute atomic E-state index is 0.146. The van der Waals surface area contributed by atoms with Gasteiger partial charge < -0.3 is 10.4 Å². The van der Waals surface area contributed by atoms with Gasteiger partial charge in [0.2, 0.25) is 5.91 Å². The molecule has 1 atom stereocenters. The van der Waals surface area contributed by atoms with Gasteiger partial charge in [-0.15, -0.1) is 0 Å². The van der Waals surface area contributed by atoms with E-state index < -0.39 is 16.4 Å². The maximum Gasteiger partial charge on any atom is 0.226 e. The molecule has 0 saturated heterocycles. The summed E-state index contributed by atoms with van der Waals surface area (Å²) in [5.74, 6) is -0.398. The van der Waals surface area contributed by atoms with Crippen molar-refractivity contribution in [2.24, 2.45) is 5.92 Å². The molecule has 0 saturated carbocycles. The number of sulfone groups is 1. The van der Waals surface area contributed by atoms with Crippen molar-refractivity contribution in [1.29, 1.82) is 0 Å². The van der Waals surface area contributed by atoms with Crippen molar-refractivity contribution in [2.45, 2.75) is 12.8 Å². The average molecular weight is 357 g/mol. The van der Waals surface area contributed by atoms with Crippen LogP contribution in [0.1, 0.15) is 12.8 Å². The van der Waals surface area contributed by atoms with Gasteiger partial charge >= 0.3 is 0 Å². The Balaban J connectivity index is 2.00. The van der Waals surface area contributed by atoms with E-state index in [1.165, 1.54) is 12.3 Å². The highest BCUT2D eigenvalue weighted by molar-refractivity contribution is 7.95. The van der Waals surface area contributed by atoms with E-state index in [1.807, 2.05) is 0 Å². The van der Waals surface area contributed by atoms with E-state index in [0.717, 1.165) is 0 Å². The number of nitrogens with one attached hydrogen (secondary N) is 1. The van der Waals surface area contributed by atoms with Gasteiger partial charge in [0.1, 0.15) is 5.82 Å². The number of halogens is 1. The molecule has 0 radical (unpaired) electrons. The van der Waals surface area contributed by atoms with Crippen molar-refractivity contribution in [3.63, 3.8) is 0 Å². The molecule has 1 aromatic heterocycles. The number of allylic oxidation sites excluding steroid dienone is 3. The molecule has 0 fully saturated rings. The molecule has 0 bridgehead atoms. The van der Waals surface area contributed by atoms with Crippen LogP contribution in [0.3, 0.4) is 0 Å². The summed E-state index contributed by atoms with van der Waals surface area (Å²) in [5.41, 5.74) is 0. The molecule has 0 aromatic carbocycles. The normalized spacial score (nSPS) is 17.7. The van der Waals surface area contributed by atoms with Crippen LogP contribution in [0.5, 0.6) is 0 Å². The first-order chi connectivity index (χ1) is 10.9. The smallest absolute Gasteiger partial charge is 0.226 e. The van der Waals surface area contributed by atoms with Gasteiger partial charge in [-0.1, -0.05) is 23.8 Å². The topological polar surface area (TPSA) is 96.4 Å². The van der Waals surface area contributed by atoms with Crippen molar-refractivity contribution >= 4 is 33.2 Å². The number of aromatic nitrogens is 1. The highest BCUT2D eigenvalue weighted by atomic mass is 35.5. The second-order valence-electron chi connectivity index (χ2n) is 5.12. The van der Waals surface area contributed by atoms with Crippen LogP contribution in [0, 0.1) is 5.92 Å². The second kappa shape index (κ2) is 7.72. The average Bonchev–Trinajstić information content (AvgIpc) is 2.50. The van der Waals surface area contributed by atoms with Gasteiger partial charge in [-0.3, -0.25) is 4.79 Å². The monoisotopic (exact) mass is 356 g/mol. The Morgan fingerprint density at radius 3 is 2.87 bits per heavy atom. The number of hydrogen-bond donors (Lipinski definition) is 2. The van der Waals surface area contributed by atoms with Gasteiger partial charge in [-0.25, -0.2) is 13.4 Å². The number of pyridine rings is 1. The van der Waals surface area contributed by atoms with E-state index in [1.54, 1.807) is 24.3 Å². The molecule has 2 rings (SSSR count). The largest absolute Gasteiger partial charge is 0.395 e. The van der Waals surface area contributed by atoms with E-state index in [-0.39, 0.29) is 28.9 Å². The summed E-state index contributed by atoms with van der Waals surface area (Å²) in [7, 11) is -3.50. The standard InChI is InChI=1S/C15H17ClN2O4S/c16-12-4-5-14(17-10-12)18-15(20)9-11-2-1-3-13(8-11)23(21,22)7-6-19/h1,3-5,8,10-11,19H,2,6-7,9H2,(H,17,18,20). The summed E-state index contributed by atoms with van der Waals surface area (Å²) in [5, 5.41) is 11.9. The highest BCUT2D eigenvalue weighted by Gasteiger charge is 2.21. The Morgan fingerprint density at radius 1 is 1.43 bits per heavy atom. The summed E-state index contributed by atoms with van der Waals surface area (Å²) in [6, 6.07) is 3.21. The van der Waals surface area contributed by atoms with Gasteiger partial charge in [-0.2, -0.15) is 0 Å². The van der Waals surface area contributed by atoms with Crippen LogP contribution < -0.4 is 5.32 Å². The van der Waals surface area contributed by atoms with Crippen molar-refractivity contribution in [3.8, 4) is 0 Å². The molecule has 6 nitrogen and oxygen atoms in total. The minimum Gasteiger partial charge on any atom is -0.395 e. The number of carbonyl (C=O) groups is 1. The molecule has 1 unspecified atom stereocenters. The van der Waals surface area contributed by atoms with Gasteiger partial charge in [-0.05, 0) is 30.5 Å². The van der Waals surface area contributed by atoms with E-state index in [4.69, 9.17) is 16.7 Å². The van der Waals surface area contributed by atoms with Crippen LogP contribution >= 0.6 is 11.6 Å². The summed E-state index contributed by atoms with van der Waals surface area (Å²) < 4.78 is 23.9. The molecule has 0 spiro atoms. The Morgan fingerprint density at radius 2 is 2.22 bits per heavy atom. The molecule has 8 heteroatoms. The molecular weight excluding hydrogens is 340 g/mol. The number of aliphatic hydroxyl groups is 1. The fourth-order valence-corrected chi connectivity index (χ4v) is 3.48. The van der Waals surface area contributed by atoms with Crippen LogP contribution in [0.25, 0.3) is 0 Å². The predicted molar refractivity (Wildman–Crippen MR) is 88.7 cm³/mol. The first-order valence-electron chi connectivity index (χ1n) is 7.04. The first-order valence-corrected chi connectivity index (χ1v) is 9.07. The lowest BCUT2D eigenvalue weighted by molar-refractivity contribution is -0.116. The van der Waals surface area contributed by atoms with Crippen molar-refractivity contribution < 1.29 is 18.3 Å². The molecular formula is C15H17ClN2O4S. The number of anilines is 1. The summed E-state index contributed by atoms with van der Waals surface area (Å²) in [4.78, 5) is 16.1. The van der Waals surface area contributed by atoms with Gasteiger partial charge in [0.05, 0.1) is 22.3 Å². The zero-order valence-corrected chi connectivity index (χ0v) is 13.8. The van der Waals surface area contributed by atoms with Gasteiger partial charge in [0.15, 0.2) is 9.84 Å². The van der Waals surface area contributed by atoms with E-state index >= 15 is 0 Å². The van der Waals surface area contributed by atoms with Crippen LogP contribution in [0.15, 0.2) is 41.5 Å². The van der Waals surface area contributed by atoms with Crippen LogP contribution in [-0.2, 0) is 14.6 Å². The third-order valence-electron chi connectivity index (χ3n) is 3.28. The minimum atomic E-state index is -3.50. The molecule has 1 amide bonds. The predicted octanol–water partition coefficient (Wildman–Crippen LogP) is 1.93. The number of nitrogens with zero attached hydrogens (tertiary/aromatic N) is 1. The maximum atomic E-state index is 12.0. The zero-order valence-electron chi connectivity index (χ0n) is 12.3. The number of hydrogen-bond acceptors (Lipinski definition) is 5. The number of rotatable bonds is 6. The lowest BCUT2D eigenvalue weighted by Gasteiger charge is -2.16. The van der Waals surface area contributed by atoms with Crippen LogP contribution in [0.2, 0.25) is 5.02 Å². The van der Waals surface area contributed by atoms with E-state index in [0.29, 0.717) is 17.3 Å². The Labute approximate surface area is 139 Å². The zero-order chi connectivity index (χ0) is 16.9. The highest BCUT2D eigenvalue weighted by Crippen LogP contribution is 2.24. The molecule has 124 valence electrons. The lowest BCUT2D eigenvalue weighted by Crippen LogP contribution is -2.19. The van der Waals surface area contributed by atoms with Crippen LogP contribution in [0.4, 0.5) is 5.82 Å². The van der Waals surface area contributed by atoms with Crippen LogP contribution in [-0.4, -0.2) is 36.8 Å². The molecule has 1 heterocycles. The second-order valence-corrected chi connectivity index (χ2v) is 7.67. The van der Waals surface area contributed by atoms with Gasteiger partial charge in [0.25, 0.3) is 0 Å². The third-order valence-corrected chi connectivity index (χ3v) is 5.22. The molecule has 23 heavy (non-hydrogen) atoms. The van der Waals surface area contributed by atoms with Crippen molar-refractivity contribution in [3.05, 3.63) is 46.5 Å². The van der Waals surface area contributed by atoms with Crippen molar-refractivity contribution in [1.82, 2.24) is 4.98 Å². The van der Waals surface area contributed by atoms with E-state index in [2.05, 4.69) is 10.3 Å². The summed E-state index contributed by atoms with van der Waals surface area (Å²) in [6.45, 7) is -0.430. The SMILES string of the molecule is O=C(CC1C=C(S(=O)(=O)CCO)C=CC1)Nc1ccc(Cl)cn1. The molecule has 0 aliphatic heterocycles. The quantitative estimate of drug-likeness (QED) is 0.811. The summed E-state index contributed by atoms with van der Waals surface area (Å²) in [6.07, 6.45) is 6.97. The van der Waals surface area contributed by atoms with E-state index in [9.17, 15) is 13.2 Å². The Hall–Kier alpha value is -1.70.